The third-order valence-corrected chi connectivity index (χ3v) is 5.45. The number of pyridine rings is 1. The van der Waals surface area contributed by atoms with Crippen LogP contribution in [0.1, 0.15) is 11.1 Å². The van der Waals surface area contributed by atoms with E-state index in [0.29, 0.717) is 35.6 Å². The standard InChI is InChI=1S/C24H20ClN3O3/c1-15-6-5-9-28-23(15)27-21(17-7-3-2-4-8-17)24(28)26-20(29)14-16-12-18(25)22-19(13-16)30-10-11-31-22/h2-9,12-13H,10-11,14H2,1H3,(H,26,29). The van der Waals surface area contributed by atoms with E-state index >= 15 is 0 Å². The minimum absolute atomic E-state index is 0.142. The molecule has 0 bridgehead atoms. The fourth-order valence-corrected chi connectivity index (χ4v) is 4.04. The van der Waals surface area contributed by atoms with Crippen LogP contribution >= 0.6 is 11.6 Å². The molecule has 0 saturated heterocycles. The second kappa shape index (κ2) is 7.96. The number of aryl methyl sites for hydroxylation is 1. The summed E-state index contributed by atoms with van der Waals surface area (Å²) in [6.07, 6.45) is 2.04. The molecular weight excluding hydrogens is 414 g/mol. The summed E-state index contributed by atoms with van der Waals surface area (Å²) in [5.41, 5.74) is 4.24. The average molecular weight is 434 g/mol. The molecule has 1 aliphatic heterocycles. The smallest absolute Gasteiger partial charge is 0.229 e. The van der Waals surface area contributed by atoms with Gasteiger partial charge in [-0.1, -0.05) is 48.0 Å². The van der Waals surface area contributed by atoms with Crippen LogP contribution < -0.4 is 14.8 Å². The normalized spacial score (nSPS) is 12.7. The van der Waals surface area contributed by atoms with Crippen LogP contribution in [0.25, 0.3) is 16.9 Å². The predicted octanol–water partition coefficient (Wildman–Crippen LogP) is 4.92. The second-order valence-corrected chi connectivity index (χ2v) is 7.79. The number of carbonyl (C=O) groups is 1. The van der Waals surface area contributed by atoms with E-state index in [-0.39, 0.29) is 12.3 Å². The van der Waals surface area contributed by atoms with Crippen molar-refractivity contribution in [3.05, 3.63) is 76.9 Å². The average Bonchev–Trinajstić information content (AvgIpc) is 3.14. The fourth-order valence-electron chi connectivity index (χ4n) is 3.75. The summed E-state index contributed by atoms with van der Waals surface area (Å²) < 4.78 is 13.1. The van der Waals surface area contributed by atoms with E-state index in [1.807, 2.05) is 60.0 Å². The summed E-state index contributed by atoms with van der Waals surface area (Å²) in [4.78, 5) is 17.8. The van der Waals surface area contributed by atoms with Gasteiger partial charge in [-0.3, -0.25) is 9.20 Å². The van der Waals surface area contributed by atoms with Crippen LogP contribution in [-0.4, -0.2) is 28.5 Å². The number of halogens is 1. The van der Waals surface area contributed by atoms with Gasteiger partial charge >= 0.3 is 0 Å². The minimum atomic E-state index is -0.173. The predicted molar refractivity (Wildman–Crippen MR) is 120 cm³/mol. The van der Waals surface area contributed by atoms with E-state index in [0.717, 1.165) is 28.0 Å². The lowest BCUT2D eigenvalue weighted by molar-refractivity contribution is -0.115. The number of amides is 1. The second-order valence-electron chi connectivity index (χ2n) is 7.39. The lowest BCUT2D eigenvalue weighted by Gasteiger charge is -2.20. The number of nitrogens with one attached hydrogen (secondary N) is 1. The Balaban J connectivity index is 1.48. The number of anilines is 1. The Bertz CT molecular complexity index is 1280. The largest absolute Gasteiger partial charge is 0.486 e. The van der Waals surface area contributed by atoms with Gasteiger partial charge in [0.05, 0.1) is 11.4 Å². The topological polar surface area (TPSA) is 64.9 Å². The Morgan fingerprint density at radius 3 is 2.77 bits per heavy atom. The van der Waals surface area contributed by atoms with Crippen molar-refractivity contribution in [2.45, 2.75) is 13.3 Å². The van der Waals surface area contributed by atoms with Crippen molar-refractivity contribution < 1.29 is 14.3 Å². The molecule has 0 fully saturated rings. The Hall–Kier alpha value is -3.51. The summed E-state index contributed by atoms with van der Waals surface area (Å²) in [6, 6.07) is 17.3. The molecule has 31 heavy (non-hydrogen) atoms. The van der Waals surface area contributed by atoms with Crippen molar-refractivity contribution in [1.29, 1.82) is 0 Å². The van der Waals surface area contributed by atoms with E-state index in [1.54, 1.807) is 12.1 Å². The Morgan fingerprint density at radius 1 is 1.13 bits per heavy atom. The van der Waals surface area contributed by atoms with Crippen LogP contribution in [-0.2, 0) is 11.2 Å². The van der Waals surface area contributed by atoms with Crippen LogP contribution in [0.5, 0.6) is 11.5 Å². The first-order valence-corrected chi connectivity index (χ1v) is 10.4. The number of hydrogen-bond donors (Lipinski definition) is 1. The van der Waals surface area contributed by atoms with E-state index in [9.17, 15) is 4.79 Å². The van der Waals surface area contributed by atoms with Gasteiger partial charge < -0.3 is 14.8 Å². The highest BCUT2D eigenvalue weighted by molar-refractivity contribution is 6.32. The van der Waals surface area contributed by atoms with E-state index in [4.69, 9.17) is 26.1 Å². The molecule has 0 unspecified atom stereocenters. The Labute approximate surface area is 184 Å². The Morgan fingerprint density at radius 2 is 1.94 bits per heavy atom. The van der Waals surface area contributed by atoms with Crippen molar-refractivity contribution in [3.63, 3.8) is 0 Å². The molecule has 1 N–H and O–H groups in total. The molecule has 3 heterocycles. The van der Waals surface area contributed by atoms with Crippen LogP contribution in [0.3, 0.4) is 0 Å². The number of aromatic nitrogens is 2. The highest BCUT2D eigenvalue weighted by Crippen LogP contribution is 2.38. The van der Waals surface area contributed by atoms with Gasteiger partial charge in [-0.05, 0) is 36.2 Å². The third-order valence-electron chi connectivity index (χ3n) is 5.17. The van der Waals surface area contributed by atoms with Crippen LogP contribution in [0.4, 0.5) is 5.82 Å². The SMILES string of the molecule is Cc1cccn2c(NC(=O)Cc3cc(Cl)c4c(c3)OCCO4)c(-c3ccccc3)nc12. The fraction of sp³-hybridized carbons (Fsp3) is 0.167. The summed E-state index contributed by atoms with van der Waals surface area (Å²) in [7, 11) is 0. The minimum Gasteiger partial charge on any atom is -0.486 e. The molecule has 0 radical (unpaired) electrons. The molecule has 156 valence electrons. The maximum Gasteiger partial charge on any atom is 0.229 e. The number of ether oxygens (including phenoxy) is 2. The van der Waals surface area contributed by atoms with E-state index < -0.39 is 0 Å². The van der Waals surface area contributed by atoms with E-state index in [1.165, 1.54) is 0 Å². The van der Waals surface area contributed by atoms with Crippen LogP contribution in [0.15, 0.2) is 60.8 Å². The molecule has 4 aromatic rings. The number of rotatable bonds is 4. The zero-order valence-corrected chi connectivity index (χ0v) is 17.6. The first kappa shape index (κ1) is 19.5. The molecule has 6 nitrogen and oxygen atoms in total. The van der Waals surface area contributed by atoms with Crippen molar-refractivity contribution in [2.24, 2.45) is 0 Å². The lowest BCUT2D eigenvalue weighted by atomic mass is 10.1. The number of fused-ring (bicyclic) bond motifs is 2. The monoisotopic (exact) mass is 433 g/mol. The number of carbonyl (C=O) groups excluding carboxylic acids is 1. The maximum atomic E-state index is 13.0. The highest BCUT2D eigenvalue weighted by Gasteiger charge is 2.20. The zero-order chi connectivity index (χ0) is 21.4. The summed E-state index contributed by atoms with van der Waals surface area (Å²) in [6.45, 7) is 2.92. The third kappa shape index (κ3) is 3.70. The number of hydrogen-bond acceptors (Lipinski definition) is 4. The molecule has 0 atom stereocenters. The van der Waals surface area contributed by atoms with E-state index in [2.05, 4.69) is 5.32 Å². The quantitative estimate of drug-likeness (QED) is 0.496. The zero-order valence-electron chi connectivity index (χ0n) is 16.9. The number of benzene rings is 2. The van der Waals surface area contributed by atoms with Crippen molar-refractivity contribution in [2.75, 3.05) is 18.5 Å². The molecule has 0 saturated carbocycles. The number of nitrogens with zero attached hydrogens (tertiary/aromatic N) is 2. The van der Waals surface area contributed by atoms with Crippen molar-refractivity contribution >= 4 is 29.0 Å². The lowest BCUT2D eigenvalue weighted by Crippen LogP contribution is -2.18. The van der Waals surface area contributed by atoms with Gasteiger partial charge in [0.25, 0.3) is 0 Å². The molecule has 1 amide bonds. The van der Waals surface area contributed by atoms with Crippen molar-refractivity contribution in [3.8, 4) is 22.8 Å². The van der Waals surface area contributed by atoms with Gasteiger partial charge in [-0.15, -0.1) is 0 Å². The molecule has 1 aliphatic rings. The number of imidazole rings is 1. The van der Waals surface area contributed by atoms with Gasteiger partial charge in [0, 0.05) is 11.8 Å². The van der Waals surface area contributed by atoms with Gasteiger partial charge in [0.1, 0.15) is 30.4 Å². The first-order valence-electron chi connectivity index (χ1n) is 10.0. The van der Waals surface area contributed by atoms with Gasteiger partial charge in [0.2, 0.25) is 5.91 Å². The maximum absolute atomic E-state index is 13.0. The summed E-state index contributed by atoms with van der Waals surface area (Å²) in [5, 5.41) is 3.49. The molecule has 0 spiro atoms. The molecular formula is C24H20ClN3O3. The highest BCUT2D eigenvalue weighted by atomic mass is 35.5. The van der Waals surface area contributed by atoms with Gasteiger partial charge in [-0.2, -0.15) is 0 Å². The summed E-state index contributed by atoms with van der Waals surface area (Å²) >= 11 is 6.32. The van der Waals surface area contributed by atoms with Crippen LogP contribution in [0, 0.1) is 6.92 Å². The van der Waals surface area contributed by atoms with Crippen molar-refractivity contribution in [1.82, 2.24) is 9.38 Å². The molecule has 0 aliphatic carbocycles. The molecule has 2 aromatic heterocycles. The molecule has 7 heteroatoms. The molecule has 5 rings (SSSR count). The molecule has 2 aromatic carbocycles. The van der Waals surface area contributed by atoms with Gasteiger partial charge in [0.15, 0.2) is 11.5 Å². The summed E-state index contributed by atoms with van der Waals surface area (Å²) in [5.74, 6) is 1.56. The Kier molecular flexibility index (Phi) is 5.00. The van der Waals surface area contributed by atoms with Crippen LogP contribution in [0.2, 0.25) is 5.02 Å². The first-order chi connectivity index (χ1) is 15.1. The van der Waals surface area contributed by atoms with Gasteiger partial charge in [-0.25, -0.2) is 4.98 Å².